The smallest absolute Gasteiger partial charge is 0.222 e. The lowest BCUT2D eigenvalue weighted by Gasteiger charge is -2.31. The van der Waals surface area contributed by atoms with Gasteiger partial charge in [0.1, 0.15) is 0 Å². The van der Waals surface area contributed by atoms with Gasteiger partial charge >= 0.3 is 0 Å². The van der Waals surface area contributed by atoms with Crippen LogP contribution in [0.25, 0.3) is 0 Å². The molecule has 0 radical (unpaired) electrons. The predicted molar refractivity (Wildman–Crippen MR) is 56.4 cm³/mol. The van der Waals surface area contributed by atoms with Gasteiger partial charge in [0, 0.05) is 25.4 Å². The molecule has 1 fully saturated rings. The average molecular weight is 200 g/mol. The van der Waals surface area contributed by atoms with Crippen LogP contribution in [-0.4, -0.2) is 28.9 Å². The van der Waals surface area contributed by atoms with Crippen LogP contribution < -0.4 is 5.73 Å². The van der Waals surface area contributed by atoms with Crippen LogP contribution in [0.3, 0.4) is 0 Å². The van der Waals surface area contributed by atoms with Crippen molar-refractivity contribution >= 4 is 23.1 Å². The molecule has 0 saturated carbocycles. The van der Waals surface area contributed by atoms with Gasteiger partial charge in [0.05, 0.1) is 4.99 Å². The molecule has 2 N–H and O–H groups in total. The summed E-state index contributed by atoms with van der Waals surface area (Å²) in [6.45, 7) is 3.52. The van der Waals surface area contributed by atoms with Crippen molar-refractivity contribution in [3.05, 3.63) is 0 Å². The fourth-order valence-electron chi connectivity index (χ4n) is 1.64. The Morgan fingerprint density at radius 1 is 1.54 bits per heavy atom. The van der Waals surface area contributed by atoms with Crippen LogP contribution >= 0.6 is 12.2 Å². The topological polar surface area (TPSA) is 46.3 Å². The first-order valence-corrected chi connectivity index (χ1v) is 5.13. The summed E-state index contributed by atoms with van der Waals surface area (Å²) in [6, 6.07) is 0. The maximum Gasteiger partial charge on any atom is 0.222 e. The number of carbonyl (C=O) groups is 1. The Balaban J connectivity index is 2.39. The number of carbonyl (C=O) groups excluding carboxylic acids is 1. The number of hydrogen-bond donors (Lipinski definition) is 1. The highest BCUT2D eigenvalue weighted by molar-refractivity contribution is 7.80. The normalized spacial score (nSPS) is 18.7. The second-order valence-electron chi connectivity index (χ2n) is 3.41. The minimum atomic E-state index is 0.237. The van der Waals surface area contributed by atoms with Gasteiger partial charge in [0.15, 0.2) is 0 Å². The van der Waals surface area contributed by atoms with E-state index in [0.29, 0.717) is 17.3 Å². The zero-order chi connectivity index (χ0) is 9.84. The van der Waals surface area contributed by atoms with Gasteiger partial charge in [-0.1, -0.05) is 19.1 Å². The highest BCUT2D eigenvalue weighted by Gasteiger charge is 2.22. The summed E-state index contributed by atoms with van der Waals surface area (Å²) in [6.07, 6.45) is 2.46. The molecule has 0 aromatic heterocycles. The first kappa shape index (κ1) is 10.4. The van der Waals surface area contributed by atoms with Crippen molar-refractivity contribution in [2.75, 3.05) is 13.1 Å². The van der Waals surface area contributed by atoms with Crippen molar-refractivity contribution < 1.29 is 4.79 Å². The summed E-state index contributed by atoms with van der Waals surface area (Å²) >= 11 is 4.92. The van der Waals surface area contributed by atoms with Gasteiger partial charge in [-0.05, 0) is 12.8 Å². The van der Waals surface area contributed by atoms with Gasteiger partial charge in [0.25, 0.3) is 0 Å². The van der Waals surface area contributed by atoms with E-state index in [-0.39, 0.29) is 5.91 Å². The maximum absolute atomic E-state index is 11.3. The molecule has 0 unspecified atom stereocenters. The van der Waals surface area contributed by atoms with Gasteiger partial charge in [-0.15, -0.1) is 0 Å². The number of hydrogen-bond acceptors (Lipinski definition) is 2. The third kappa shape index (κ3) is 2.66. The van der Waals surface area contributed by atoms with Gasteiger partial charge in [-0.25, -0.2) is 0 Å². The molecule has 0 spiro atoms. The molecule has 1 saturated heterocycles. The zero-order valence-corrected chi connectivity index (χ0v) is 8.77. The largest absolute Gasteiger partial charge is 0.393 e. The van der Waals surface area contributed by atoms with E-state index in [4.69, 9.17) is 18.0 Å². The SMILES string of the molecule is CCC(=O)N1CCC(C(N)=S)CC1. The second-order valence-corrected chi connectivity index (χ2v) is 3.88. The number of thiocarbonyl (C=S) groups is 1. The van der Waals surface area contributed by atoms with Crippen molar-refractivity contribution in [2.24, 2.45) is 11.7 Å². The van der Waals surface area contributed by atoms with Gasteiger partial charge < -0.3 is 10.6 Å². The van der Waals surface area contributed by atoms with Crippen LogP contribution in [-0.2, 0) is 4.79 Å². The van der Waals surface area contributed by atoms with Gasteiger partial charge in [-0.2, -0.15) is 0 Å². The Morgan fingerprint density at radius 2 is 2.08 bits per heavy atom. The summed E-state index contributed by atoms with van der Waals surface area (Å²) in [5, 5.41) is 0. The molecule has 1 amide bonds. The fraction of sp³-hybridized carbons (Fsp3) is 0.778. The Morgan fingerprint density at radius 3 is 2.46 bits per heavy atom. The van der Waals surface area contributed by atoms with Crippen molar-refractivity contribution in [2.45, 2.75) is 26.2 Å². The number of nitrogens with two attached hydrogens (primary N) is 1. The fourth-order valence-corrected chi connectivity index (χ4v) is 1.87. The van der Waals surface area contributed by atoms with Crippen LogP contribution in [0, 0.1) is 5.92 Å². The Kier molecular flexibility index (Phi) is 3.66. The minimum absolute atomic E-state index is 0.237. The molecule has 0 aliphatic carbocycles. The lowest BCUT2D eigenvalue weighted by atomic mass is 9.97. The van der Waals surface area contributed by atoms with Crippen molar-refractivity contribution in [1.82, 2.24) is 4.90 Å². The Bertz CT molecular complexity index is 210. The molecule has 0 aromatic carbocycles. The molecule has 0 aromatic rings. The summed E-state index contributed by atoms with van der Waals surface area (Å²) in [7, 11) is 0. The van der Waals surface area contributed by atoms with Crippen LogP contribution in [0.2, 0.25) is 0 Å². The van der Waals surface area contributed by atoms with Crippen LogP contribution in [0.15, 0.2) is 0 Å². The van der Waals surface area contributed by atoms with Crippen LogP contribution in [0.5, 0.6) is 0 Å². The third-order valence-corrected chi connectivity index (χ3v) is 2.89. The number of piperidine rings is 1. The van der Waals surface area contributed by atoms with Crippen LogP contribution in [0.4, 0.5) is 0 Å². The number of nitrogens with zero attached hydrogens (tertiary/aromatic N) is 1. The highest BCUT2D eigenvalue weighted by atomic mass is 32.1. The van der Waals surface area contributed by atoms with E-state index >= 15 is 0 Å². The van der Waals surface area contributed by atoms with Crippen LogP contribution in [0.1, 0.15) is 26.2 Å². The van der Waals surface area contributed by atoms with E-state index in [2.05, 4.69) is 0 Å². The molecular weight excluding hydrogens is 184 g/mol. The summed E-state index contributed by atoms with van der Waals surface area (Å²) < 4.78 is 0. The van der Waals surface area contributed by atoms with Crippen molar-refractivity contribution in [1.29, 1.82) is 0 Å². The van der Waals surface area contributed by atoms with E-state index in [9.17, 15) is 4.79 Å². The standard InChI is InChI=1S/C9H16N2OS/c1-2-8(12)11-5-3-7(4-6-11)9(10)13/h7H,2-6H2,1H3,(H2,10,13). The first-order valence-electron chi connectivity index (χ1n) is 4.72. The van der Waals surface area contributed by atoms with E-state index in [0.717, 1.165) is 25.9 Å². The quantitative estimate of drug-likeness (QED) is 0.674. The molecule has 1 heterocycles. The lowest BCUT2D eigenvalue weighted by molar-refractivity contribution is -0.131. The first-order chi connectivity index (χ1) is 6.15. The van der Waals surface area contributed by atoms with Gasteiger partial charge in [-0.3, -0.25) is 4.79 Å². The van der Waals surface area contributed by atoms with Crippen molar-refractivity contribution in [3.8, 4) is 0 Å². The zero-order valence-electron chi connectivity index (χ0n) is 7.95. The molecule has 0 bridgehead atoms. The second kappa shape index (κ2) is 4.56. The molecule has 1 aliphatic heterocycles. The summed E-state index contributed by atoms with van der Waals surface area (Å²) in [5.74, 6) is 0.581. The maximum atomic E-state index is 11.3. The highest BCUT2D eigenvalue weighted by Crippen LogP contribution is 2.17. The molecule has 74 valence electrons. The summed E-state index contributed by atoms with van der Waals surface area (Å²) in [4.78, 5) is 13.8. The lowest BCUT2D eigenvalue weighted by Crippen LogP contribution is -2.40. The number of likely N-dealkylation sites (tertiary alicyclic amines) is 1. The Hall–Kier alpha value is -0.640. The molecule has 13 heavy (non-hydrogen) atoms. The molecular formula is C9H16N2OS. The van der Waals surface area contributed by atoms with E-state index < -0.39 is 0 Å². The predicted octanol–water partition coefficient (Wildman–Crippen LogP) is 0.921. The molecule has 4 heteroatoms. The monoisotopic (exact) mass is 200 g/mol. The molecule has 3 nitrogen and oxygen atoms in total. The van der Waals surface area contributed by atoms with E-state index in [1.807, 2.05) is 11.8 Å². The Labute approximate surface area is 84.3 Å². The number of rotatable bonds is 2. The molecule has 0 atom stereocenters. The molecule has 1 rings (SSSR count). The molecule has 1 aliphatic rings. The van der Waals surface area contributed by atoms with E-state index in [1.165, 1.54) is 0 Å². The minimum Gasteiger partial charge on any atom is -0.393 e. The average Bonchev–Trinajstić information content (AvgIpc) is 2.17. The number of amides is 1. The van der Waals surface area contributed by atoms with E-state index in [1.54, 1.807) is 0 Å². The van der Waals surface area contributed by atoms with Gasteiger partial charge in [0.2, 0.25) is 5.91 Å². The summed E-state index contributed by atoms with van der Waals surface area (Å²) in [5.41, 5.74) is 5.55. The third-order valence-electron chi connectivity index (χ3n) is 2.55. The van der Waals surface area contributed by atoms with Crippen molar-refractivity contribution in [3.63, 3.8) is 0 Å².